The number of nitrogens with zero attached hydrogens (tertiary/aromatic N) is 1. The van der Waals surface area contributed by atoms with Crippen molar-refractivity contribution < 1.29 is 14.7 Å². The maximum absolute atomic E-state index is 12.1. The van der Waals surface area contributed by atoms with E-state index in [1.165, 1.54) is 6.92 Å². The minimum Gasteiger partial charge on any atom is -0.391 e. The number of carbonyl (C=O) groups is 2. The van der Waals surface area contributed by atoms with Crippen LogP contribution in [0.5, 0.6) is 0 Å². The van der Waals surface area contributed by atoms with Crippen molar-refractivity contribution in [3.05, 3.63) is 0 Å². The van der Waals surface area contributed by atoms with Gasteiger partial charge in [0.05, 0.1) is 11.5 Å². The molecule has 2 fully saturated rings. The molecule has 6 heteroatoms. The Morgan fingerprint density at radius 1 is 1.56 bits per heavy atom. The van der Waals surface area contributed by atoms with Gasteiger partial charge in [-0.1, -0.05) is 0 Å². The second-order valence-corrected chi connectivity index (χ2v) is 5.42. The molecule has 0 bridgehead atoms. The van der Waals surface area contributed by atoms with Crippen LogP contribution in [0.2, 0.25) is 0 Å². The first-order chi connectivity index (χ1) is 8.46. The van der Waals surface area contributed by atoms with Gasteiger partial charge in [-0.25, -0.2) is 0 Å². The van der Waals surface area contributed by atoms with Crippen LogP contribution in [0, 0.1) is 5.41 Å². The van der Waals surface area contributed by atoms with Crippen molar-refractivity contribution in [2.75, 3.05) is 19.6 Å². The minimum atomic E-state index is -0.899. The molecule has 0 aromatic rings. The fourth-order valence-electron chi connectivity index (χ4n) is 2.84. The van der Waals surface area contributed by atoms with Gasteiger partial charge in [0.25, 0.3) is 0 Å². The molecule has 2 aliphatic rings. The molecule has 0 aromatic carbocycles. The Hall–Kier alpha value is -1.14. The summed E-state index contributed by atoms with van der Waals surface area (Å²) in [5, 5.41) is 12.2. The van der Waals surface area contributed by atoms with Gasteiger partial charge in [0, 0.05) is 19.6 Å². The van der Waals surface area contributed by atoms with E-state index in [0.29, 0.717) is 19.6 Å². The van der Waals surface area contributed by atoms with Crippen molar-refractivity contribution >= 4 is 11.8 Å². The molecule has 2 amide bonds. The zero-order chi connectivity index (χ0) is 13.3. The van der Waals surface area contributed by atoms with Gasteiger partial charge in [-0.15, -0.1) is 0 Å². The second-order valence-electron chi connectivity index (χ2n) is 5.42. The first-order valence-electron chi connectivity index (χ1n) is 6.47. The number of aliphatic hydroxyl groups is 1. The Labute approximate surface area is 107 Å². The largest absolute Gasteiger partial charge is 0.391 e. The van der Waals surface area contributed by atoms with E-state index >= 15 is 0 Å². The Balaban J connectivity index is 2.07. The van der Waals surface area contributed by atoms with Crippen LogP contribution in [0.15, 0.2) is 0 Å². The van der Waals surface area contributed by atoms with Gasteiger partial charge >= 0.3 is 0 Å². The van der Waals surface area contributed by atoms with Crippen LogP contribution < -0.4 is 11.1 Å². The smallest absolute Gasteiger partial charge is 0.242 e. The Morgan fingerprint density at radius 3 is 2.83 bits per heavy atom. The van der Waals surface area contributed by atoms with E-state index in [9.17, 15) is 14.7 Å². The number of nitrogens with two attached hydrogens (primary N) is 1. The fourth-order valence-corrected chi connectivity index (χ4v) is 2.84. The van der Waals surface area contributed by atoms with Crippen LogP contribution in [0.25, 0.3) is 0 Å². The number of carbonyl (C=O) groups excluding carboxylic acids is 2. The summed E-state index contributed by atoms with van der Waals surface area (Å²) in [5.41, 5.74) is 5.25. The molecule has 3 atom stereocenters. The first kappa shape index (κ1) is 13.3. The Bertz CT molecular complexity index is 358. The highest BCUT2D eigenvalue weighted by molar-refractivity contribution is 5.87. The first-order valence-corrected chi connectivity index (χ1v) is 6.47. The molecule has 0 radical (unpaired) electrons. The van der Waals surface area contributed by atoms with Gasteiger partial charge in [-0.3, -0.25) is 9.59 Å². The molecule has 2 aliphatic heterocycles. The summed E-state index contributed by atoms with van der Waals surface area (Å²) in [6, 6.07) is -0.899. The van der Waals surface area contributed by atoms with E-state index in [2.05, 4.69) is 5.32 Å². The maximum Gasteiger partial charge on any atom is 0.242 e. The predicted molar refractivity (Wildman–Crippen MR) is 65.5 cm³/mol. The molecule has 0 aromatic heterocycles. The zero-order valence-corrected chi connectivity index (χ0v) is 10.7. The molecule has 102 valence electrons. The van der Waals surface area contributed by atoms with Crippen LogP contribution in [0.4, 0.5) is 0 Å². The van der Waals surface area contributed by atoms with Gasteiger partial charge in [0.15, 0.2) is 0 Å². The van der Waals surface area contributed by atoms with Crippen molar-refractivity contribution in [2.45, 2.75) is 38.3 Å². The lowest BCUT2D eigenvalue weighted by Crippen LogP contribution is -2.55. The van der Waals surface area contributed by atoms with E-state index in [4.69, 9.17) is 5.73 Å². The summed E-state index contributed by atoms with van der Waals surface area (Å²) in [5.74, 6) is -0.214. The van der Waals surface area contributed by atoms with Crippen LogP contribution >= 0.6 is 0 Å². The minimum absolute atomic E-state index is 0.0469. The number of nitrogens with one attached hydrogen (secondary N) is 1. The highest BCUT2D eigenvalue weighted by atomic mass is 16.3. The summed E-state index contributed by atoms with van der Waals surface area (Å²) in [4.78, 5) is 25.6. The third-order valence-electron chi connectivity index (χ3n) is 4.06. The van der Waals surface area contributed by atoms with E-state index in [-0.39, 0.29) is 11.8 Å². The normalized spacial score (nSPS) is 31.3. The van der Waals surface area contributed by atoms with Crippen LogP contribution in [-0.2, 0) is 9.59 Å². The van der Waals surface area contributed by atoms with Gasteiger partial charge in [0.2, 0.25) is 11.8 Å². The monoisotopic (exact) mass is 255 g/mol. The molecule has 6 nitrogen and oxygen atoms in total. The average molecular weight is 255 g/mol. The molecule has 4 N–H and O–H groups in total. The van der Waals surface area contributed by atoms with Crippen molar-refractivity contribution in [3.8, 4) is 0 Å². The standard InChI is InChI=1S/C12H21N3O3/c1-8(16)9(13)10(17)15-6-2-3-12(7-15)4-5-14-11(12)18/h8-9,16H,2-7,13H2,1H3,(H,14,18)/t8-,9+,12?/m1/s1. The van der Waals surface area contributed by atoms with E-state index in [1.807, 2.05) is 0 Å². The molecular formula is C12H21N3O3. The second kappa shape index (κ2) is 4.85. The maximum atomic E-state index is 12.1. The molecule has 1 spiro atoms. The molecule has 0 aliphatic carbocycles. The number of rotatable bonds is 2. The SMILES string of the molecule is C[C@@H](O)[C@H](N)C(=O)N1CCCC2(CCNC2=O)C1. The zero-order valence-electron chi connectivity index (χ0n) is 10.7. The van der Waals surface area contributed by atoms with Crippen molar-refractivity contribution in [1.82, 2.24) is 10.2 Å². The van der Waals surface area contributed by atoms with Crippen LogP contribution in [0.3, 0.4) is 0 Å². The third-order valence-corrected chi connectivity index (χ3v) is 4.06. The number of aliphatic hydroxyl groups excluding tert-OH is 1. The number of likely N-dealkylation sites (tertiary alicyclic amines) is 1. The van der Waals surface area contributed by atoms with Crippen molar-refractivity contribution in [1.29, 1.82) is 0 Å². The average Bonchev–Trinajstić information content (AvgIpc) is 2.69. The summed E-state index contributed by atoms with van der Waals surface area (Å²) in [7, 11) is 0. The quantitative estimate of drug-likeness (QED) is 0.579. The highest BCUT2D eigenvalue weighted by Gasteiger charge is 2.46. The van der Waals surface area contributed by atoms with Crippen molar-refractivity contribution in [2.24, 2.45) is 11.1 Å². The van der Waals surface area contributed by atoms with Gasteiger partial charge in [-0.05, 0) is 26.2 Å². The fraction of sp³-hybridized carbons (Fsp3) is 0.833. The van der Waals surface area contributed by atoms with E-state index in [0.717, 1.165) is 19.3 Å². The van der Waals surface area contributed by atoms with Gasteiger partial charge in [-0.2, -0.15) is 0 Å². The third kappa shape index (κ3) is 2.22. The molecule has 2 heterocycles. The van der Waals surface area contributed by atoms with Gasteiger partial charge in [0.1, 0.15) is 6.04 Å². The molecule has 1 unspecified atom stereocenters. The van der Waals surface area contributed by atoms with Crippen LogP contribution in [-0.4, -0.2) is 53.6 Å². The highest BCUT2D eigenvalue weighted by Crippen LogP contribution is 2.36. The predicted octanol–water partition coefficient (Wildman–Crippen LogP) is -1.18. The Kier molecular flexibility index (Phi) is 3.59. The van der Waals surface area contributed by atoms with E-state index in [1.54, 1.807) is 4.90 Å². The summed E-state index contributed by atoms with van der Waals surface area (Å²) >= 11 is 0. The van der Waals surface area contributed by atoms with Crippen LogP contribution in [0.1, 0.15) is 26.2 Å². The number of hydrogen-bond acceptors (Lipinski definition) is 4. The number of hydrogen-bond donors (Lipinski definition) is 3. The summed E-state index contributed by atoms with van der Waals surface area (Å²) in [6.45, 7) is 3.24. The molecule has 2 rings (SSSR count). The summed E-state index contributed by atoms with van der Waals surface area (Å²) in [6.07, 6.45) is 1.55. The lowest BCUT2D eigenvalue weighted by atomic mass is 9.78. The molecule has 18 heavy (non-hydrogen) atoms. The Morgan fingerprint density at radius 2 is 2.28 bits per heavy atom. The molecule has 0 saturated carbocycles. The van der Waals surface area contributed by atoms with E-state index < -0.39 is 17.6 Å². The summed E-state index contributed by atoms with van der Waals surface area (Å²) < 4.78 is 0. The topological polar surface area (TPSA) is 95.7 Å². The van der Waals surface area contributed by atoms with Crippen molar-refractivity contribution in [3.63, 3.8) is 0 Å². The number of amides is 2. The van der Waals surface area contributed by atoms with Gasteiger partial charge < -0.3 is 21.1 Å². The number of piperidine rings is 1. The molecule has 2 saturated heterocycles. The lowest BCUT2D eigenvalue weighted by molar-refractivity contribution is -0.141. The lowest BCUT2D eigenvalue weighted by Gasteiger charge is -2.39. The molecular weight excluding hydrogens is 234 g/mol.